The summed E-state index contributed by atoms with van der Waals surface area (Å²) in [4.78, 5) is 30.6. The van der Waals surface area contributed by atoms with Gasteiger partial charge in [0.25, 0.3) is 5.97 Å². The summed E-state index contributed by atoms with van der Waals surface area (Å²) in [7, 11) is -4.64. The molecule has 0 aromatic rings. The monoisotopic (exact) mass is 230 g/mol. The molecule has 0 atom stereocenters. The SMILES string of the molecule is CC(=O)O.O=P(O)(O)O.[NaH].[NaH].[NaH]. The predicted molar refractivity (Wildman–Crippen MR) is 49.0 cm³/mol. The summed E-state index contributed by atoms with van der Waals surface area (Å²) in [5.41, 5.74) is 0. The summed E-state index contributed by atoms with van der Waals surface area (Å²) < 4.78 is 8.88. The Morgan fingerprint density at radius 2 is 1.08 bits per heavy atom. The fraction of sp³-hybridized carbons (Fsp3) is 0.500. The third-order valence-electron chi connectivity index (χ3n) is 0. The predicted octanol–water partition coefficient (Wildman–Crippen LogP) is -2.78. The summed E-state index contributed by atoms with van der Waals surface area (Å²) in [6.07, 6.45) is 0. The zero-order chi connectivity index (χ0) is 8.08. The first-order chi connectivity index (χ1) is 3.73. The number of carboxylic acid groups (broad SMARTS) is 1. The Kier molecular flexibility index (Phi) is 39.1. The molecule has 0 unspecified atom stereocenters. The Balaban J connectivity index is -0.0000000221. The van der Waals surface area contributed by atoms with Gasteiger partial charge < -0.3 is 19.8 Å². The van der Waals surface area contributed by atoms with Gasteiger partial charge in [-0.2, -0.15) is 0 Å². The number of carbonyl (C=O) groups is 1. The molecule has 12 heavy (non-hydrogen) atoms. The van der Waals surface area contributed by atoms with E-state index in [2.05, 4.69) is 0 Å². The van der Waals surface area contributed by atoms with Crippen LogP contribution < -0.4 is 0 Å². The minimum atomic E-state index is -4.64. The van der Waals surface area contributed by atoms with E-state index >= 15 is 0 Å². The number of hydrogen-bond acceptors (Lipinski definition) is 2. The Morgan fingerprint density at radius 1 is 1.08 bits per heavy atom. The van der Waals surface area contributed by atoms with Crippen molar-refractivity contribution >= 4 is 102 Å². The molecule has 0 heterocycles. The van der Waals surface area contributed by atoms with E-state index in [9.17, 15) is 0 Å². The van der Waals surface area contributed by atoms with Crippen LogP contribution in [0.5, 0.6) is 0 Å². The van der Waals surface area contributed by atoms with Crippen LogP contribution in [0.25, 0.3) is 0 Å². The maximum atomic E-state index is 9.00. The maximum absolute atomic E-state index is 9.00. The molecule has 0 aliphatic heterocycles. The van der Waals surface area contributed by atoms with Crippen LogP contribution in [0.4, 0.5) is 0 Å². The van der Waals surface area contributed by atoms with Crippen LogP contribution in [0.15, 0.2) is 0 Å². The molecule has 0 aromatic carbocycles. The van der Waals surface area contributed by atoms with Crippen LogP contribution in [0.1, 0.15) is 6.92 Å². The number of rotatable bonds is 0. The van der Waals surface area contributed by atoms with E-state index in [1.807, 2.05) is 0 Å². The molecular formula is C2H10Na3O6P. The molecule has 0 rings (SSSR count). The van der Waals surface area contributed by atoms with Crippen LogP contribution >= 0.6 is 7.82 Å². The van der Waals surface area contributed by atoms with E-state index < -0.39 is 13.8 Å². The van der Waals surface area contributed by atoms with Crippen LogP contribution in [-0.2, 0) is 9.36 Å². The van der Waals surface area contributed by atoms with Gasteiger partial charge in [-0.3, -0.25) is 4.79 Å². The molecule has 0 fully saturated rings. The molecule has 62 valence electrons. The fourth-order valence-electron chi connectivity index (χ4n) is 0. The first-order valence-corrected chi connectivity index (χ1v) is 3.28. The van der Waals surface area contributed by atoms with Crippen molar-refractivity contribution in [1.29, 1.82) is 0 Å². The van der Waals surface area contributed by atoms with Gasteiger partial charge in [0.2, 0.25) is 0 Å². The van der Waals surface area contributed by atoms with Gasteiger partial charge in [-0.25, -0.2) is 4.57 Å². The molecular weight excluding hydrogens is 220 g/mol. The Labute approximate surface area is 136 Å². The molecule has 0 bridgehead atoms. The molecule has 0 aliphatic rings. The molecule has 0 aliphatic carbocycles. The molecule has 0 saturated carbocycles. The molecule has 4 N–H and O–H groups in total. The minimum absolute atomic E-state index is 0. The topological polar surface area (TPSA) is 115 Å². The van der Waals surface area contributed by atoms with Crippen molar-refractivity contribution in [3.8, 4) is 0 Å². The van der Waals surface area contributed by atoms with Gasteiger partial charge in [0.1, 0.15) is 0 Å². The first kappa shape index (κ1) is 29.3. The summed E-state index contributed by atoms with van der Waals surface area (Å²) in [5.74, 6) is -0.833. The molecule has 0 radical (unpaired) electrons. The van der Waals surface area contributed by atoms with E-state index in [0.29, 0.717) is 0 Å². The number of carboxylic acids is 1. The van der Waals surface area contributed by atoms with Crippen LogP contribution in [0.2, 0.25) is 0 Å². The number of aliphatic carboxylic acids is 1. The summed E-state index contributed by atoms with van der Waals surface area (Å²) in [6, 6.07) is 0. The van der Waals surface area contributed by atoms with Gasteiger partial charge in [0.05, 0.1) is 0 Å². The van der Waals surface area contributed by atoms with Crippen molar-refractivity contribution in [3.63, 3.8) is 0 Å². The fourth-order valence-corrected chi connectivity index (χ4v) is 0. The molecule has 0 saturated heterocycles. The van der Waals surface area contributed by atoms with Gasteiger partial charge in [0.15, 0.2) is 0 Å². The van der Waals surface area contributed by atoms with Gasteiger partial charge in [0, 0.05) is 6.92 Å². The number of hydrogen-bond donors (Lipinski definition) is 4. The van der Waals surface area contributed by atoms with Crippen molar-refractivity contribution in [3.05, 3.63) is 0 Å². The van der Waals surface area contributed by atoms with Crippen molar-refractivity contribution < 1.29 is 29.1 Å². The van der Waals surface area contributed by atoms with Gasteiger partial charge in [-0.1, -0.05) is 0 Å². The van der Waals surface area contributed by atoms with Crippen LogP contribution in [-0.4, -0.2) is 114 Å². The standard InChI is InChI=1S/C2H4O2.3Na.H3O4P.3H/c1-2(3)4;;;;1-5(2,3)4;;;/h1H3,(H,3,4);;;;(H3,1,2,3,4);;;. The second kappa shape index (κ2) is 16.0. The van der Waals surface area contributed by atoms with Gasteiger partial charge in [-0.05, 0) is 0 Å². The second-order valence-electron chi connectivity index (χ2n) is 1.03. The molecule has 0 spiro atoms. The third kappa shape index (κ3) is 253. The van der Waals surface area contributed by atoms with Crippen LogP contribution in [0, 0.1) is 0 Å². The zero-order valence-electron chi connectivity index (χ0n) is 4.55. The number of phosphoric acid groups is 1. The Bertz CT molecular complexity index is 120. The normalized spacial score (nSPS) is 7.00. The second-order valence-corrected chi connectivity index (χ2v) is 2.06. The van der Waals surface area contributed by atoms with Gasteiger partial charge in [-0.15, -0.1) is 0 Å². The summed E-state index contributed by atoms with van der Waals surface area (Å²) in [5, 5.41) is 7.42. The average Bonchev–Trinajstić information content (AvgIpc) is 1.19. The van der Waals surface area contributed by atoms with E-state index in [1.54, 1.807) is 0 Å². The summed E-state index contributed by atoms with van der Waals surface area (Å²) >= 11 is 0. The quantitative estimate of drug-likeness (QED) is 0.264. The molecule has 10 heteroatoms. The average molecular weight is 230 g/mol. The Morgan fingerprint density at radius 3 is 1.08 bits per heavy atom. The van der Waals surface area contributed by atoms with Crippen molar-refractivity contribution in [1.82, 2.24) is 0 Å². The van der Waals surface area contributed by atoms with Crippen molar-refractivity contribution in [2.75, 3.05) is 0 Å². The zero-order valence-corrected chi connectivity index (χ0v) is 5.45. The third-order valence-corrected chi connectivity index (χ3v) is 0. The first-order valence-electron chi connectivity index (χ1n) is 1.71. The summed E-state index contributed by atoms with van der Waals surface area (Å²) in [6.45, 7) is 1.08. The van der Waals surface area contributed by atoms with Crippen molar-refractivity contribution in [2.45, 2.75) is 6.92 Å². The van der Waals surface area contributed by atoms with E-state index in [4.69, 9.17) is 29.1 Å². The van der Waals surface area contributed by atoms with E-state index in [0.717, 1.165) is 6.92 Å². The van der Waals surface area contributed by atoms with Gasteiger partial charge >= 0.3 is 96.5 Å². The van der Waals surface area contributed by atoms with Crippen LogP contribution in [0.3, 0.4) is 0 Å². The van der Waals surface area contributed by atoms with Crippen molar-refractivity contribution in [2.24, 2.45) is 0 Å². The van der Waals surface area contributed by atoms with E-state index in [-0.39, 0.29) is 88.7 Å². The van der Waals surface area contributed by atoms with E-state index in [1.165, 1.54) is 0 Å². The molecule has 6 nitrogen and oxygen atoms in total. The Hall–Kier alpha value is 2.58. The molecule has 0 amide bonds. The molecule has 0 aromatic heterocycles.